The van der Waals surface area contributed by atoms with Gasteiger partial charge >= 0.3 is 0 Å². The summed E-state index contributed by atoms with van der Waals surface area (Å²) in [7, 11) is 0. The van der Waals surface area contributed by atoms with Crippen LogP contribution in [-0.2, 0) is 0 Å². The highest BCUT2D eigenvalue weighted by molar-refractivity contribution is 5.59. The minimum atomic E-state index is -0.443. The molecule has 0 saturated heterocycles. The van der Waals surface area contributed by atoms with E-state index >= 15 is 0 Å². The zero-order chi connectivity index (χ0) is 13.3. The fourth-order valence-electron chi connectivity index (χ4n) is 1.48. The minimum Gasteiger partial charge on any atom is -0.334 e. The molecule has 18 heavy (non-hydrogen) atoms. The summed E-state index contributed by atoms with van der Waals surface area (Å²) in [6.07, 6.45) is 0. The molecule has 1 aromatic heterocycles. The molecule has 0 amide bonds. The van der Waals surface area contributed by atoms with E-state index in [0.29, 0.717) is 17.0 Å². The van der Waals surface area contributed by atoms with Gasteiger partial charge in [-0.25, -0.2) is 0 Å². The van der Waals surface area contributed by atoms with E-state index in [9.17, 15) is 10.1 Å². The van der Waals surface area contributed by atoms with E-state index in [1.165, 1.54) is 6.07 Å². The second-order valence-corrected chi connectivity index (χ2v) is 4.00. The van der Waals surface area contributed by atoms with E-state index in [1.54, 1.807) is 26.0 Å². The molecule has 0 saturated carbocycles. The first kappa shape index (κ1) is 12.2. The van der Waals surface area contributed by atoms with Gasteiger partial charge in [-0.3, -0.25) is 10.1 Å². The molecular formula is C11H12N4O3. The molecule has 2 N–H and O–H groups in total. The molecule has 7 heteroatoms. The Morgan fingerprint density at radius 1 is 1.50 bits per heavy atom. The van der Waals surface area contributed by atoms with Crippen molar-refractivity contribution in [2.45, 2.75) is 19.9 Å². The number of aromatic nitrogens is 2. The van der Waals surface area contributed by atoms with Crippen LogP contribution in [0.1, 0.15) is 24.4 Å². The number of nitro groups is 1. The number of hydrogen-bond donors (Lipinski definition) is 1. The molecule has 1 atom stereocenters. The molecule has 94 valence electrons. The highest BCUT2D eigenvalue weighted by Crippen LogP contribution is 2.26. The van der Waals surface area contributed by atoms with E-state index in [2.05, 4.69) is 10.1 Å². The first-order valence-electron chi connectivity index (χ1n) is 5.33. The topological polar surface area (TPSA) is 108 Å². The van der Waals surface area contributed by atoms with Crippen molar-refractivity contribution in [1.29, 1.82) is 0 Å². The normalized spacial score (nSPS) is 12.4. The third-order valence-corrected chi connectivity index (χ3v) is 2.50. The van der Waals surface area contributed by atoms with E-state index in [0.717, 1.165) is 0 Å². The van der Waals surface area contributed by atoms with Crippen LogP contribution in [0, 0.1) is 17.0 Å². The van der Waals surface area contributed by atoms with Crippen molar-refractivity contribution in [1.82, 2.24) is 10.1 Å². The third kappa shape index (κ3) is 2.21. The number of nitrogens with zero attached hydrogens (tertiary/aromatic N) is 3. The molecule has 0 fully saturated rings. The summed E-state index contributed by atoms with van der Waals surface area (Å²) in [6.45, 7) is 3.40. The standard InChI is InChI=1S/C11H12N4O3/c1-6-3-4-8(5-9(6)15(16)17)11-13-10(7(2)12)14-18-11/h3-5,7H,12H2,1-2H3. The van der Waals surface area contributed by atoms with Gasteiger partial charge in [0, 0.05) is 17.2 Å². The summed E-state index contributed by atoms with van der Waals surface area (Å²) in [6, 6.07) is 4.40. The van der Waals surface area contributed by atoms with E-state index in [4.69, 9.17) is 10.3 Å². The monoisotopic (exact) mass is 248 g/mol. The van der Waals surface area contributed by atoms with Crippen LogP contribution in [0.15, 0.2) is 22.7 Å². The molecule has 2 rings (SSSR count). The van der Waals surface area contributed by atoms with Gasteiger partial charge in [0.05, 0.1) is 11.0 Å². The highest BCUT2D eigenvalue weighted by atomic mass is 16.6. The summed E-state index contributed by atoms with van der Waals surface area (Å²) in [5, 5.41) is 14.5. The second-order valence-electron chi connectivity index (χ2n) is 4.00. The van der Waals surface area contributed by atoms with Crippen LogP contribution >= 0.6 is 0 Å². The van der Waals surface area contributed by atoms with Gasteiger partial charge in [-0.1, -0.05) is 11.2 Å². The maximum atomic E-state index is 10.8. The number of aryl methyl sites for hydroxylation is 1. The number of nitro benzene ring substituents is 1. The van der Waals surface area contributed by atoms with Crippen LogP contribution < -0.4 is 5.73 Å². The van der Waals surface area contributed by atoms with Crippen molar-refractivity contribution in [3.05, 3.63) is 39.7 Å². The SMILES string of the molecule is Cc1ccc(-c2nc(C(C)N)no2)cc1[N+](=O)[O-]. The molecular weight excluding hydrogens is 236 g/mol. The quantitative estimate of drug-likeness (QED) is 0.657. The Morgan fingerprint density at radius 3 is 2.78 bits per heavy atom. The van der Waals surface area contributed by atoms with Crippen molar-refractivity contribution < 1.29 is 9.45 Å². The Hall–Kier alpha value is -2.28. The Balaban J connectivity index is 2.44. The fraction of sp³-hybridized carbons (Fsp3) is 0.273. The van der Waals surface area contributed by atoms with Gasteiger partial charge in [0.1, 0.15) is 0 Å². The third-order valence-electron chi connectivity index (χ3n) is 2.50. The molecule has 2 aromatic rings. The summed E-state index contributed by atoms with van der Waals surface area (Å²) in [4.78, 5) is 14.5. The second kappa shape index (κ2) is 4.53. The molecule has 0 bridgehead atoms. The van der Waals surface area contributed by atoms with E-state index in [1.807, 2.05) is 0 Å². The zero-order valence-electron chi connectivity index (χ0n) is 9.95. The average molecular weight is 248 g/mol. The molecule has 0 aliphatic carbocycles. The average Bonchev–Trinajstić information content (AvgIpc) is 2.78. The molecule has 0 aliphatic heterocycles. The fourth-order valence-corrected chi connectivity index (χ4v) is 1.48. The maximum Gasteiger partial charge on any atom is 0.273 e. The van der Waals surface area contributed by atoms with Crippen molar-refractivity contribution in [3.8, 4) is 11.5 Å². The van der Waals surface area contributed by atoms with Crippen molar-refractivity contribution in [3.63, 3.8) is 0 Å². The lowest BCUT2D eigenvalue weighted by atomic mass is 10.1. The van der Waals surface area contributed by atoms with Gasteiger partial charge in [0.2, 0.25) is 0 Å². The van der Waals surface area contributed by atoms with Crippen LogP contribution in [-0.4, -0.2) is 15.1 Å². The Kier molecular flexibility index (Phi) is 3.07. The van der Waals surface area contributed by atoms with E-state index < -0.39 is 4.92 Å². The van der Waals surface area contributed by atoms with Crippen LogP contribution in [0.5, 0.6) is 0 Å². The van der Waals surface area contributed by atoms with Crippen LogP contribution in [0.4, 0.5) is 5.69 Å². The minimum absolute atomic E-state index is 0.0213. The van der Waals surface area contributed by atoms with Gasteiger partial charge in [-0.05, 0) is 19.9 Å². The molecule has 7 nitrogen and oxygen atoms in total. The predicted molar refractivity (Wildman–Crippen MR) is 63.7 cm³/mol. The first-order valence-corrected chi connectivity index (χ1v) is 5.33. The number of benzene rings is 1. The van der Waals surface area contributed by atoms with Crippen molar-refractivity contribution in [2.24, 2.45) is 5.73 Å². The smallest absolute Gasteiger partial charge is 0.273 e. The largest absolute Gasteiger partial charge is 0.334 e. The van der Waals surface area contributed by atoms with Crippen LogP contribution in [0.2, 0.25) is 0 Å². The summed E-state index contributed by atoms with van der Waals surface area (Å²) >= 11 is 0. The summed E-state index contributed by atoms with van der Waals surface area (Å²) < 4.78 is 5.02. The predicted octanol–water partition coefficient (Wildman–Crippen LogP) is 1.97. The summed E-state index contributed by atoms with van der Waals surface area (Å²) in [5.41, 5.74) is 6.72. The van der Waals surface area contributed by atoms with Gasteiger partial charge in [-0.2, -0.15) is 4.98 Å². The molecule has 0 spiro atoms. The van der Waals surface area contributed by atoms with Gasteiger partial charge in [-0.15, -0.1) is 0 Å². The lowest BCUT2D eigenvalue weighted by Gasteiger charge is -1.98. The molecule has 0 aliphatic rings. The Bertz CT molecular complexity index is 592. The highest BCUT2D eigenvalue weighted by Gasteiger charge is 2.16. The van der Waals surface area contributed by atoms with Crippen molar-refractivity contribution in [2.75, 3.05) is 0 Å². The first-order chi connectivity index (χ1) is 8.49. The molecule has 1 aromatic carbocycles. The summed E-state index contributed by atoms with van der Waals surface area (Å²) in [5.74, 6) is 0.596. The Morgan fingerprint density at radius 2 is 2.22 bits per heavy atom. The zero-order valence-corrected chi connectivity index (χ0v) is 9.95. The molecule has 0 radical (unpaired) electrons. The van der Waals surface area contributed by atoms with Gasteiger partial charge in [0.15, 0.2) is 5.82 Å². The lowest BCUT2D eigenvalue weighted by molar-refractivity contribution is -0.385. The van der Waals surface area contributed by atoms with E-state index in [-0.39, 0.29) is 17.6 Å². The Labute approximate surface area is 103 Å². The number of nitrogens with two attached hydrogens (primary N) is 1. The van der Waals surface area contributed by atoms with Crippen molar-refractivity contribution >= 4 is 5.69 Å². The number of rotatable bonds is 3. The maximum absolute atomic E-state index is 10.8. The molecule has 1 heterocycles. The number of hydrogen-bond acceptors (Lipinski definition) is 6. The van der Waals surface area contributed by atoms with Gasteiger partial charge in [0.25, 0.3) is 11.6 Å². The van der Waals surface area contributed by atoms with Crippen LogP contribution in [0.25, 0.3) is 11.5 Å². The lowest BCUT2D eigenvalue weighted by Crippen LogP contribution is -2.06. The van der Waals surface area contributed by atoms with Gasteiger partial charge < -0.3 is 10.3 Å². The molecule has 1 unspecified atom stereocenters. The van der Waals surface area contributed by atoms with Crippen LogP contribution in [0.3, 0.4) is 0 Å².